The molecule has 0 N–H and O–H groups in total. The Balaban J connectivity index is 0.864. The van der Waals surface area contributed by atoms with Gasteiger partial charge in [-0.3, -0.25) is 4.57 Å². The Morgan fingerprint density at radius 3 is 1.65 bits per heavy atom. The molecule has 82 heavy (non-hydrogen) atoms. The van der Waals surface area contributed by atoms with Crippen molar-refractivity contribution in [2.24, 2.45) is 0 Å². The maximum atomic E-state index is 6.96. The fraction of sp³-hybridized carbons (Fsp3) is 0.0649. The number of ether oxygens (including phenoxy) is 1. The zero-order valence-corrected chi connectivity index (χ0v) is 45.6. The molecule has 3 aromatic heterocycles. The molecule has 386 valence electrons. The number of para-hydroxylation sites is 3. The smallest absolute Gasteiger partial charge is 0.255 e. The number of nitrogens with zero attached hydrogens (tertiary/aromatic N) is 4. The van der Waals surface area contributed by atoms with E-state index in [2.05, 4.69) is 296 Å². The highest BCUT2D eigenvalue weighted by Crippen LogP contribution is 2.63. The summed E-state index contributed by atoms with van der Waals surface area (Å²) in [6.07, 6.45) is 4.24. The zero-order chi connectivity index (χ0) is 54.4. The Bertz CT molecular complexity index is 4960. The van der Waals surface area contributed by atoms with Gasteiger partial charge in [-0.2, -0.15) is 9.13 Å². The number of imidazole rings is 1. The lowest BCUT2D eigenvalue weighted by Gasteiger charge is -2.30. The Hall–Kier alpha value is -10.4. The molecule has 0 saturated carbocycles. The van der Waals surface area contributed by atoms with Crippen LogP contribution >= 0.6 is 0 Å². The maximum Gasteiger partial charge on any atom is 0.255 e. The van der Waals surface area contributed by atoms with Crippen LogP contribution in [0.5, 0.6) is 11.5 Å². The predicted molar refractivity (Wildman–Crippen MR) is 334 cm³/mol. The molecule has 0 fully saturated rings. The van der Waals surface area contributed by atoms with E-state index >= 15 is 0 Å². The highest BCUT2D eigenvalue weighted by Gasteiger charge is 2.51. The lowest BCUT2D eigenvalue weighted by Crippen LogP contribution is -2.31. The molecule has 11 aromatic carbocycles. The molecule has 17 rings (SSSR count). The maximum absolute atomic E-state index is 6.96. The molecule has 3 aliphatic rings. The van der Waals surface area contributed by atoms with Crippen LogP contribution in [0.1, 0.15) is 48.6 Å². The van der Waals surface area contributed by atoms with Gasteiger partial charge in [-0.25, -0.2) is 4.98 Å². The Kier molecular flexibility index (Phi) is 9.83. The summed E-state index contributed by atoms with van der Waals surface area (Å²) in [5.74, 6) is 2.37. The Labute approximate surface area is 475 Å². The van der Waals surface area contributed by atoms with Crippen LogP contribution in [0.2, 0.25) is 0 Å². The number of pyridine rings is 1. The van der Waals surface area contributed by atoms with Crippen LogP contribution in [0.15, 0.2) is 267 Å². The van der Waals surface area contributed by atoms with Gasteiger partial charge >= 0.3 is 0 Å². The largest absolute Gasteiger partial charge is 0.457 e. The molecule has 0 radical (unpaired) electrons. The molecule has 0 unspecified atom stereocenters. The van der Waals surface area contributed by atoms with Crippen LogP contribution in [-0.2, 0) is 10.8 Å². The summed E-state index contributed by atoms with van der Waals surface area (Å²) in [7, 11) is 0. The number of hydrogen-bond donors (Lipinski definition) is 0. The second-order valence-corrected chi connectivity index (χ2v) is 23.3. The second-order valence-electron chi connectivity index (χ2n) is 23.3. The van der Waals surface area contributed by atoms with E-state index in [0.717, 1.165) is 78.4 Å². The summed E-state index contributed by atoms with van der Waals surface area (Å²) in [4.78, 5) is 4.95. The van der Waals surface area contributed by atoms with Gasteiger partial charge in [0.25, 0.3) is 6.33 Å². The monoisotopic (exact) mass is 1050 g/mol. The van der Waals surface area contributed by atoms with Crippen LogP contribution in [0.3, 0.4) is 0 Å². The number of aromatic nitrogens is 4. The van der Waals surface area contributed by atoms with Gasteiger partial charge in [0.1, 0.15) is 28.7 Å². The number of rotatable bonds is 5. The molecular formula is C77H53N4O+. The van der Waals surface area contributed by atoms with E-state index in [1.54, 1.807) is 0 Å². The summed E-state index contributed by atoms with van der Waals surface area (Å²) in [6.45, 7) is 6.74. The van der Waals surface area contributed by atoms with Crippen LogP contribution in [0.4, 0.5) is 0 Å². The fourth-order valence-electron chi connectivity index (χ4n) is 14.3. The van der Waals surface area contributed by atoms with Gasteiger partial charge in [0.15, 0.2) is 11.0 Å². The number of benzene rings is 11. The molecule has 0 atom stereocenters. The summed E-state index contributed by atoms with van der Waals surface area (Å²) in [5, 5.41) is 2.32. The summed E-state index contributed by atoms with van der Waals surface area (Å²) in [5.41, 5.74) is 27.0. The molecule has 1 spiro atoms. The minimum Gasteiger partial charge on any atom is -0.457 e. The average Bonchev–Trinajstić information content (AvgIpc) is 3.69. The van der Waals surface area contributed by atoms with Gasteiger partial charge in [0.2, 0.25) is 0 Å². The molecule has 2 aliphatic carbocycles. The van der Waals surface area contributed by atoms with Crippen molar-refractivity contribution in [1.29, 1.82) is 0 Å². The molecule has 5 heteroatoms. The number of fused-ring (bicyclic) bond motifs is 20. The van der Waals surface area contributed by atoms with E-state index in [1.807, 2.05) is 6.20 Å². The molecule has 0 amide bonds. The van der Waals surface area contributed by atoms with Gasteiger partial charge in [-0.05, 0) is 144 Å². The first-order valence-electron chi connectivity index (χ1n) is 28.4. The topological polar surface area (TPSA) is 35.9 Å². The van der Waals surface area contributed by atoms with Gasteiger partial charge in [0, 0.05) is 45.8 Å². The van der Waals surface area contributed by atoms with Gasteiger partial charge in [-0.15, -0.1) is 0 Å². The van der Waals surface area contributed by atoms with E-state index in [0.29, 0.717) is 0 Å². The van der Waals surface area contributed by atoms with E-state index in [9.17, 15) is 0 Å². The molecule has 5 nitrogen and oxygen atoms in total. The van der Waals surface area contributed by atoms with Gasteiger partial charge in [-0.1, -0.05) is 203 Å². The van der Waals surface area contributed by atoms with Gasteiger partial charge < -0.3 is 4.74 Å². The van der Waals surface area contributed by atoms with Crippen molar-refractivity contribution >= 4 is 32.8 Å². The van der Waals surface area contributed by atoms with Crippen molar-refractivity contribution in [3.05, 3.63) is 295 Å². The normalized spacial score (nSPS) is 13.2. The van der Waals surface area contributed by atoms with Crippen molar-refractivity contribution < 1.29 is 9.30 Å². The highest BCUT2D eigenvalue weighted by atomic mass is 16.5. The third kappa shape index (κ3) is 6.56. The molecule has 14 aromatic rings. The summed E-state index contributed by atoms with van der Waals surface area (Å²) < 4.78 is 14.1. The van der Waals surface area contributed by atoms with Crippen molar-refractivity contribution in [2.75, 3.05) is 0 Å². The van der Waals surface area contributed by atoms with E-state index in [-0.39, 0.29) is 5.41 Å². The minimum atomic E-state index is -0.479. The van der Waals surface area contributed by atoms with E-state index in [4.69, 9.17) is 9.72 Å². The predicted octanol–water partition coefficient (Wildman–Crippen LogP) is 18.8. The van der Waals surface area contributed by atoms with Crippen LogP contribution in [-0.4, -0.2) is 14.1 Å². The Morgan fingerprint density at radius 1 is 0.402 bits per heavy atom. The molecule has 4 heterocycles. The first-order valence-corrected chi connectivity index (χ1v) is 28.4. The third-order valence-electron chi connectivity index (χ3n) is 17.9. The lowest BCUT2D eigenvalue weighted by molar-refractivity contribution is -0.566. The average molecular weight is 1050 g/mol. The molecular weight excluding hydrogens is 997 g/mol. The van der Waals surface area contributed by atoms with Crippen molar-refractivity contribution in [1.82, 2.24) is 14.1 Å². The van der Waals surface area contributed by atoms with Crippen LogP contribution in [0, 0.1) is 0 Å². The third-order valence-corrected chi connectivity index (χ3v) is 17.9. The fourth-order valence-corrected chi connectivity index (χ4v) is 14.3. The molecule has 0 bridgehead atoms. The van der Waals surface area contributed by atoms with Crippen LogP contribution < -0.4 is 9.30 Å². The second kappa shape index (κ2) is 17.3. The van der Waals surface area contributed by atoms with Crippen molar-refractivity contribution in [2.45, 2.75) is 31.6 Å². The SMILES string of the molecule is CC(C)(C)c1ccnc(-n2c3ccccc3c3ccc(Oc4cccc(-n5c[n+]6c7c(cccc75)-c5ccccc5-c5ccccc5-c5cccc(-c7ccc8c(c7)C7(c9ccccc9-c9ccccc97)c7ccccc7-8)c5-6)c4)cc32)c1. The van der Waals surface area contributed by atoms with Gasteiger partial charge in [0.05, 0.1) is 16.4 Å². The van der Waals surface area contributed by atoms with E-state index in [1.165, 1.54) is 77.7 Å². The highest BCUT2D eigenvalue weighted by molar-refractivity contribution is 6.10. The van der Waals surface area contributed by atoms with Crippen molar-refractivity contribution in [3.8, 4) is 95.5 Å². The van der Waals surface area contributed by atoms with E-state index < -0.39 is 5.41 Å². The zero-order valence-electron chi connectivity index (χ0n) is 45.6. The minimum absolute atomic E-state index is 0.0326. The summed E-state index contributed by atoms with van der Waals surface area (Å²) >= 11 is 0. The first-order chi connectivity index (χ1) is 40.3. The first kappa shape index (κ1) is 46.5. The van der Waals surface area contributed by atoms with Crippen LogP contribution in [0.25, 0.3) is 117 Å². The number of hydrogen-bond acceptors (Lipinski definition) is 2. The summed E-state index contributed by atoms with van der Waals surface area (Å²) in [6, 6.07) is 94.0. The van der Waals surface area contributed by atoms with Crippen molar-refractivity contribution in [3.63, 3.8) is 0 Å². The molecule has 0 saturated heterocycles. The standard InChI is InChI=1S/C77H53N4O/c1-76(2,3)49-41-42-78-73(44-49)81-70-35-15-11-28-62(70)63-40-38-52(46-72(63)81)82-51-20-16-19-50(45-51)79-47-80-74-53(29-17-30-64(74)56-23-6-4-21-54(56)55-22-5-7-24-57(55)65-31-18-36-71(79)75(65)80)48-37-39-61-60-27-10-14-34-68(60)77(69(61)43-48)66-32-12-8-25-58(66)59-26-9-13-33-67(59)77/h4-47H,1-3H3/q+1. The lowest BCUT2D eigenvalue weighted by atomic mass is 9.70. The molecule has 1 aliphatic heterocycles. The quantitative estimate of drug-likeness (QED) is 0.161. The Morgan fingerprint density at radius 2 is 0.939 bits per heavy atom.